The van der Waals surface area contributed by atoms with Gasteiger partial charge in [0, 0.05) is 50.4 Å². The van der Waals surface area contributed by atoms with Gasteiger partial charge in [-0.25, -0.2) is 0 Å². The number of nitro benzene ring substituents is 1. The molecule has 0 bridgehead atoms. The van der Waals surface area contributed by atoms with Gasteiger partial charge in [0.1, 0.15) is 6.54 Å². The van der Waals surface area contributed by atoms with Crippen molar-refractivity contribution in [3.05, 3.63) is 74.5 Å². The fourth-order valence-electron chi connectivity index (χ4n) is 3.89. The summed E-state index contributed by atoms with van der Waals surface area (Å²) in [5, 5.41) is 18.1. The number of carbonyl (C=O) groups excluding carboxylic acids is 1. The van der Waals surface area contributed by atoms with Gasteiger partial charge in [-0.2, -0.15) is 5.10 Å². The van der Waals surface area contributed by atoms with Crippen LogP contribution in [0.5, 0.6) is 0 Å². The van der Waals surface area contributed by atoms with Gasteiger partial charge in [-0.05, 0) is 30.8 Å². The fourth-order valence-corrected chi connectivity index (χ4v) is 4.08. The number of carbonyl (C=O) groups is 1. The number of non-ortho nitro benzene ring substituents is 1. The Hall–Kier alpha value is -3.37. The van der Waals surface area contributed by atoms with Crippen LogP contribution in [0.15, 0.2) is 48.5 Å². The number of aromatic nitrogens is 3. The van der Waals surface area contributed by atoms with Gasteiger partial charge in [-0.15, -0.1) is 0 Å². The number of nitrogens with one attached hydrogen (secondary N) is 1. The van der Waals surface area contributed by atoms with E-state index >= 15 is 0 Å². The average Bonchev–Trinajstić information content (AvgIpc) is 3.14. The first-order valence-corrected chi connectivity index (χ1v) is 10.8. The summed E-state index contributed by atoms with van der Waals surface area (Å²) in [6, 6.07) is 14.6. The monoisotopic (exact) mass is 452 g/mol. The van der Waals surface area contributed by atoms with Crippen LogP contribution in [-0.4, -0.2) is 61.6 Å². The number of nitrogens with zero attached hydrogens (tertiary/aromatic N) is 5. The second kappa shape index (κ2) is 9.41. The van der Waals surface area contributed by atoms with Crippen LogP contribution in [0, 0.1) is 21.8 Å². The molecule has 1 fully saturated rings. The van der Waals surface area contributed by atoms with Crippen LogP contribution in [0.2, 0.25) is 0 Å². The average molecular weight is 453 g/mol. The molecule has 10 heteroatoms. The number of nitro groups is 1. The highest BCUT2D eigenvalue weighted by Gasteiger charge is 2.23. The Morgan fingerprint density at radius 3 is 2.62 bits per heavy atom. The van der Waals surface area contributed by atoms with E-state index in [1.54, 1.807) is 16.7 Å². The maximum atomic E-state index is 13.0. The van der Waals surface area contributed by atoms with Crippen molar-refractivity contribution in [1.29, 1.82) is 0 Å². The first-order valence-electron chi connectivity index (χ1n) is 10.4. The molecule has 1 amide bonds. The summed E-state index contributed by atoms with van der Waals surface area (Å²) in [6.07, 6.45) is 0. The van der Waals surface area contributed by atoms with Crippen LogP contribution in [0.1, 0.15) is 11.1 Å². The molecule has 0 aliphatic carbocycles. The Kier molecular flexibility index (Phi) is 6.42. The van der Waals surface area contributed by atoms with Crippen molar-refractivity contribution in [3.8, 4) is 11.4 Å². The Morgan fingerprint density at radius 1 is 1.16 bits per heavy atom. The van der Waals surface area contributed by atoms with Crippen molar-refractivity contribution in [2.45, 2.75) is 20.0 Å². The normalized spacial score (nSPS) is 14.5. The number of aromatic amines is 1. The molecule has 3 aromatic rings. The number of hydrogen-bond acceptors (Lipinski definition) is 6. The third-order valence-corrected chi connectivity index (χ3v) is 5.89. The predicted molar refractivity (Wildman–Crippen MR) is 123 cm³/mol. The summed E-state index contributed by atoms with van der Waals surface area (Å²) in [7, 11) is 0. The molecule has 0 radical (unpaired) electrons. The minimum Gasteiger partial charge on any atom is -0.339 e. The number of hydrogen-bond donors (Lipinski definition) is 1. The van der Waals surface area contributed by atoms with E-state index in [0.717, 1.165) is 16.7 Å². The lowest BCUT2D eigenvalue weighted by Gasteiger charge is -2.34. The number of rotatable bonds is 6. The van der Waals surface area contributed by atoms with Crippen molar-refractivity contribution in [1.82, 2.24) is 24.6 Å². The second-order valence-corrected chi connectivity index (χ2v) is 8.28. The van der Waals surface area contributed by atoms with Crippen molar-refractivity contribution >= 4 is 23.8 Å². The molecule has 1 aromatic heterocycles. The van der Waals surface area contributed by atoms with Crippen molar-refractivity contribution in [2.24, 2.45) is 0 Å². The number of piperazine rings is 1. The molecule has 9 nitrogen and oxygen atoms in total. The predicted octanol–water partition coefficient (Wildman–Crippen LogP) is 3.17. The summed E-state index contributed by atoms with van der Waals surface area (Å²) < 4.78 is 2.15. The Balaban J connectivity index is 1.38. The van der Waals surface area contributed by atoms with Crippen LogP contribution < -0.4 is 0 Å². The number of benzene rings is 2. The van der Waals surface area contributed by atoms with Gasteiger partial charge in [0.05, 0.1) is 4.92 Å². The van der Waals surface area contributed by atoms with Gasteiger partial charge >= 0.3 is 0 Å². The summed E-state index contributed by atoms with van der Waals surface area (Å²) in [5.41, 5.74) is 3.00. The topological polar surface area (TPSA) is 100 Å². The third-order valence-electron chi connectivity index (χ3n) is 5.58. The van der Waals surface area contributed by atoms with Gasteiger partial charge in [-0.1, -0.05) is 35.9 Å². The van der Waals surface area contributed by atoms with Crippen molar-refractivity contribution in [3.63, 3.8) is 0 Å². The van der Waals surface area contributed by atoms with Gasteiger partial charge in [0.2, 0.25) is 5.91 Å². The number of H-pyrrole nitrogens is 1. The van der Waals surface area contributed by atoms with Crippen LogP contribution in [-0.2, 0) is 17.9 Å². The highest BCUT2D eigenvalue weighted by atomic mass is 32.1. The van der Waals surface area contributed by atoms with E-state index in [-0.39, 0.29) is 23.1 Å². The smallest absolute Gasteiger partial charge is 0.269 e. The zero-order valence-corrected chi connectivity index (χ0v) is 18.5. The summed E-state index contributed by atoms with van der Waals surface area (Å²) in [6.45, 7) is 5.36. The zero-order valence-electron chi connectivity index (χ0n) is 17.7. The second-order valence-electron chi connectivity index (χ2n) is 7.89. The van der Waals surface area contributed by atoms with Gasteiger partial charge in [0.25, 0.3) is 5.69 Å². The maximum Gasteiger partial charge on any atom is 0.269 e. The molecule has 1 N–H and O–H groups in total. The standard InChI is InChI=1S/C22H24N6O3S/c1-16-4-2-6-18(12-16)21-23-24-22(32)27(21)15-20(29)26-10-8-25(9-11-26)14-17-5-3-7-19(13-17)28(30)31/h2-7,12-13H,8-11,14-15H2,1H3,(H,24,32). The van der Waals surface area contributed by atoms with Crippen LogP contribution in [0.4, 0.5) is 5.69 Å². The molecule has 166 valence electrons. The molecule has 0 unspecified atom stereocenters. The van der Waals surface area contributed by atoms with Gasteiger partial charge < -0.3 is 4.90 Å². The Labute approximate surface area is 190 Å². The SMILES string of the molecule is Cc1cccc(-c2n[nH]c(=S)n2CC(=O)N2CCN(Cc3cccc([N+](=O)[O-])c3)CC2)c1. The molecule has 32 heavy (non-hydrogen) atoms. The minimum absolute atomic E-state index is 0.00796. The molecule has 4 rings (SSSR count). The molecule has 2 aromatic carbocycles. The van der Waals surface area contributed by atoms with Crippen LogP contribution in [0.3, 0.4) is 0 Å². The van der Waals surface area contributed by atoms with E-state index in [9.17, 15) is 14.9 Å². The van der Waals surface area contributed by atoms with Gasteiger partial charge in [-0.3, -0.25) is 29.5 Å². The van der Waals surface area contributed by atoms with E-state index in [1.807, 2.05) is 42.2 Å². The van der Waals surface area contributed by atoms with E-state index < -0.39 is 0 Å². The largest absolute Gasteiger partial charge is 0.339 e. The molecule has 1 saturated heterocycles. The molecular weight excluding hydrogens is 428 g/mol. The Bertz CT molecular complexity index is 1200. The van der Waals surface area contributed by atoms with E-state index in [4.69, 9.17) is 12.2 Å². The molecule has 0 spiro atoms. The molecule has 0 saturated carbocycles. The Morgan fingerprint density at radius 2 is 1.91 bits per heavy atom. The van der Waals surface area contributed by atoms with Crippen LogP contribution >= 0.6 is 12.2 Å². The molecule has 1 aliphatic rings. The number of amides is 1. The van der Waals surface area contributed by atoms with E-state index in [2.05, 4.69) is 15.1 Å². The highest BCUT2D eigenvalue weighted by Crippen LogP contribution is 2.19. The lowest BCUT2D eigenvalue weighted by Crippen LogP contribution is -2.49. The van der Waals surface area contributed by atoms with Crippen LogP contribution in [0.25, 0.3) is 11.4 Å². The summed E-state index contributed by atoms with van der Waals surface area (Å²) >= 11 is 5.36. The van der Waals surface area contributed by atoms with Crippen molar-refractivity contribution in [2.75, 3.05) is 26.2 Å². The van der Waals surface area contributed by atoms with Gasteiger partial charge in [0.15, 0.2) is 10.6 Å². The molecular formula is C22H24N6O3S. The lowest BCUT2D eigenvalue weighted by molar-refractivity contribution is -0.384. The first kappa shape index (κ1) is 21.8. The molecule has 1 aliphatic heterocycles. The van der Waals surface area contributed by atoms with Crippen molar-refractivity contribution < 1.29 is 9.72 Å². The first-order chi connectivity index (χ1) is 15.4. The summed E-state index contributed by atoms with van der Waals surface area (Å²) in [4.78, 5) is 27.6. The van der Waals surface area contributed by atoms with E-state index in [0.29, 0.717) is 43.3 Å². The molecule has 2 heterocycles. The molecule has 0 atom stereocenters. The lowest BCUT2D eigenvalue weighted by atomic mass is 10.1. The van der Waals surface area contributed by atoms with E-state index in [1.165, 1.54) is 6.07 Å². The quantitative estimate of drug-likeness (QED) is 0.350. The number of aryl methyl sites for hydroxylation is 1. The maximum absolute atomic E-state index is 13.0. The third kappa shape index (κ3) is 4.92. The zero-order chi connectivity index (χ0) is 22.7. The minimum atomic E-state index is -0.383. The fraction of sp³-hybridized carbons (Fsp3) is 0.318. The summed E-state index contributed by atoms with van der Waals surface area (Å²) in [5.74, 6) is 0.641. The highest BCUT2D eigenvalue weighted by molar-refractivity contribution is 7.71.